The van der Waals surface area contributed by atoms with Crippen LogP contribution in [-0.4, -0.2) is 34.1 Å². The lowest BCUT2D eigenvalue weighted by Gasteiger charge is -1.97. The lowest BCUT2D eigenvalue weighted by molar-refractivity contribution is -0.134. The van der Waals surface area contributed by atoms with Gasteiger partial charge >= 0.3 is 11.9 Å². The van der Waals surface area contributed by atoms with Crippen LogP contribution in [0.2, 0.25) is 5.02 Å². The van der Waals surface area contributed by atoms with Gasteiger partial charge in [-0.2, -0.15) is 4.99 Å². The van der Waals surface area contributed by atoms with Gasteiger partial charge in [-0.3, -0.25) is 0 Å². The van der Waals surface area contributed by atoms with Crippen molar-refractivity contribution in [2.75, 3.05) is 0 Å². The number of benzene rings is 1. The van der Waals surface area contributed by atoms with Gasteiger partial charge in [-0.25, -0.2) is 19.0 Å². The molecule has 9 nitrogen and oxygen atoms in total. The third-order valence-corrected chi connectivity index (χ3v) is 2.05. The number of carboxylic acid groups (broad SMARTS) is 2. The fourth-order valence-electron chi connectivity index (χ4n) is 0.987. The van der Waals surface area contributed by atoms with Gasteiger partial charge in [-0.1, -0.05) is 11.6 Å². The van der Waals surface area contributed by atoms with E-state index in [1.54, 1.807) is 0 Å². The highest BCUT2D eigenvalue weighted by Crippen LogP contribution is 2.21. The lowest BCUT2D eigenvalue weighted by Crippen LogP contribution is -2.26. The smallest absolute Gasteiger partial charge is 0.328 e. The van der Waals surface area contributed by atoms with E-state index in [9.17, 15) is 14.0 Å². The maximum Gasteiger partial charge on any atom is 0.328 e. The van der Waals surface area contributed by atoms with E-state index in [-0.39, 0.29) is 16.9 Å². The Morgan fingerprint density at radius 1 is 1.13 bits per heavy atom. The predicted molar refractivity (Wildman–Crippen MR) is 82.9 cm³/mol. The van der Waals surface area contributed by atoms with Crippen LogP contribution in [0.25, 0.3) is 0 Å². The standard InChI is InChI=1S/C8H9ClFN5.C4H4O4/c9-5-3-4(1-2-6(5)10)14-8(13)15-7(11)12;5-3(6)1-2-4(7)8/h1-3H,(H6,11,12,13,14,15);1-2H,(H,5,6)(H,7,8)/b;2-1+. The van der Waals surface area contributed by atoms with E-state index < -0.39 is 17.8 Å². The minimum atomic E-state index is -1.26. The molecule has 0 aromatic heterocycles. The molecule has 0 saturated heterocycles. The highest BCUT2D eigenvalue weighted by molar-refractivity contribution is 6.31. The first-order chi connectivity index (χ1) is 10.6. The Kier molecular flexibility index (Phi) is 8.41. The maximum absolute atomic E-state index is 12.8. The molecule has 0 saturated carbocycles. The molecule has 1 rings (SSSR count). The Morgan fingerprint density at radius 2 is 1.65 bits per heavy atom. The molecule has 23 heavy (non-hydrogen) atoms. The highest BCUT2D eigenvalue weighted by Gasteiger charge is 2.00. The van der Waals surface area contributed by atoms with Crippen molar-refractivity contribution < 1.29 is 24.2 Å². The van der Waals surface area contributed by atoms with Crippen molar-refractivity contribution in [3.8, 4) is 0 Å². The zero-order valence-electron chi connectivity index (χ0n) is 11.5. The molecule has 0 aliphatic carbocycles. The molecule has 124 valence electrons. The summed E-state index contributed by atoms with van der Waals surface area (Å²) < 4.78 is 12.8. The molecule has 0 bridgehead atoms. The number of carbonyl (C=O) groups is 2. The molecule has 1 aromatic carbocycles. The normalized spacial score (nSPS) is 10.6. The summed E-state index contributed by atoms with van der Waals surface area (Å²) in [6.07, 6.45) is 1.12. The number of hydrogen-bond acceptors (Lipinski definition) is 3. The summed E-state index contributed by atoms with van der Waals surface area (Å²) in [4.78, 5) is 26.4. The van der Waals surface area contributed by atoms with Gasteiger partial charge in [0.25, 0.3) is 0 Å². The van der Waals surface area contributed by atoms with Gasteiger partial charge in [0.15, 0.2) is 5.96 Å². The van der Waals surface area contributed by atoms with Gasteiger partial charge in [0.2, 0.25) is 5.96 Å². The average Bonchev–Trinajstić information content (AvgIpc) is 2.40. The summed E-state index contributed by atoms with van der Waals surface area (Å²) in [7, 11) is 0. The highest BCUT2D eigenvalue weighted by atomic mass is 35.5. The van der Waals surface area contributed by atoms with Gasteiger partial charge in [-0.05, 0) is 18.2 Å². The summed E-state index contributed by atoms with van der Waals surface area (Å²) in [6.45, 7) is 0. The molecule has 1 aromatic rings. The maximum atomic E-state index is 12.8. The first kappa shape index (κ1) is 19.9. The van der Waals surface area contributed by atoms with Crippen LogP contribution in [0.5, 0.6) is 0 Å². The minimum absolute atomic E-state index is 0.0475. The van der Waals surface area contributed by atoms with E-state index in [1.807, 2.05) is 0 Å². The zero-order valence-corrected chi connectivity index (χ0v) is 12.2. The SMILES string of the molecule is NC(N)=NC(N)=Nc1ccc(F)c(Cl)c1.O=C(O)/C=C/C(=O)O. The van der Waals surface area contributed by atoms with Crippen LogP contribution >= 0.6 is 11.6 Å². The van der Waals surface area contributed by atoms with E-state index in [2.05, 4.69) is 9.98 Å². The summed E-state index contributed by atoms with van der Waals surface area (Å²) in [5.74, 6) is -3.38. The van der Waals surface area contributed by atoms with E-state index in [0.717, 1.165) is 0 Å². The molecule has 8 N–H and O–H groups in total. The second-order valence-corrected chi connectivity index (χ2v) is 4.02. The van der Waals surface area contributed by atoms with Gasteiger partial charge in [0.05, 0.1) is 10.7 Å². The quantitative estimate of drug-likeness (QED) is 0.299. The Labute approximate surface area is 134 Å². The number of rotatable bonds is 3. The fraction of sp³-hybridized carbons (Fsp3) is 0. The zero-order chi connectivity index (χ0) is 18.0. The Bertz CT molecular complexity index is 655. The molecule has 0 heterocycles. The van der Waals surface area contributed by atoms with E-state index in [0.29, 0.717) is 17.8 Å². The van der Waals surface area contributed by atoms with Crippen molar-refractivity contribution in [2.24, 2.45) is 27.2 Å². The molecular weight excluding hydrogens is 333 g/mol. The number of nitrogens with two attached hydrogens (primary N) is 3. The van der Waals surface area contributed by atoms with Gasteiger partial charge in [-0.15, -0.1) is 0 Å². The second-order valence-electron chi connectivity index (χ2n) is 3.61. The van der Waals surface area contributed by atoms with Crippen LogP contribution in [0, 0.1) is 5.82 Å². The van der Waals surface area contributed by atoms with Gasteiger partial charge in [0, 0.05) is 12.2 Å². The molecule has 0 radical (unpaired) electrons. The van der Waals surface area contributed by atoms with Crippen molar-refractivity contribution in [1.82, 2.24) is 0 Å². The van der Waals surface area contributed by atoms with Crippen molar-refractivity contribution in [3.05, 3.63) is 41.2 Å². The van der Waals surface area contributed by atoms with Crippen LogP contribution in [0.1, 0.15) is 0 Å². The molecule has 0 fully saturated rings. The average molecular weight is 346 g/mol. The molecular formula is C12H13ClFN5O4. The van der Waals surface area contributed by atoms with Gasteiger partial charge < -0.3 is 27.4 Å². The lowest BCUT2D eigenvalue weighted by atomic mass is 10.3. The fourth-order valence-corrected chi connectivity index (χ4v) is 1.16. The number of hydrogen-bond donors (Lipinski definition) is 5. The van der Waals surface area contributed by atoms with Crippen LogP contribution in [-0.2, 0) is 9.59 Å². The second kappa shape index (κ2) is 9.73. The third-order valence-electron chi connectivity index (χ3n) is 1.76. The van der Waals surface area contributed by atoms with E-state index in [4.69, 9.17) is 39.0 Å². The van der Waals surface area contributed by atoms with E-state index >= 15 is 0 Å². The number of guanidine groups is 2. The summed E-state index contributed by atoms with van der Waals surface area (Å²) in [5, 5.41) is 15.6. The Balaban J connectivity index is 0.000000515. The monoisotopic (exact) mass is 345 g/mol. The first-order valence-electron chi connectivity index (χ1n) is 5.64. The van der Waals surface area contributed by atoms with Crippen molar-refractivity contribution in [3.63, 3.8) is 0 Å². The van der Waals surface area contributed by atoms with Crippen molar-refractivity contribution >= 4 is 41.1 Å². The van der Waals surface area contributed by atoms with Crippen LogP contribution in [0.15, 0.2) is 40.3 Å². The Hall–Kier alpha value is -3.14. The molecule has 0 aliphatic heterocycles. The minimum Gasteiger partial charge on any atom is -0.478 e. The van der Waals surface area contributed by atoms with Crippen molar-refractivity contribution in [2.45, 2.75) is 0 Å². The summed E-state index contributed by atoms with van der Waals surface area (Å²) in [5.41, 5.74) is 15.9. The number of aliphatic carboxylic acids is 2. The van der Waals surface area contributed by atoms with E-state index in [1.165, 1.54) is 18.2 Å². The third kappa shape index (κ3) is 10.3. The van der Waals surface area contributed by atoms with Gasteiger partial charge in [0.1, 0.15) is 5.82 Å². The van der Waals surface area contributed by atoms with Crippen LogP contribution < -0.4 is 17.2 Å². The molecule has 0 amide bonds. The van der Waals surface area contributed by atoms with Crippen LogP contribution in [0.3, 0.4) is 0 Å². The molecule has 11 heteroatoms. The number of nitrogens with zero attached hydrogens (tertiary/aromatic N) is 2. The first-order valence-corrected chi connectivity index (χ1v) is 6.02. The van der Waals surface area contributed by atoms with Crippen LogP contribution in [0.4, 0.5) is 10.1 Å². The molecule has 0 atom stereocenters. The Morgan fingerprint density at radius 3 is 2.04 bits per heavy atom. The molecule has 0 aliphatic rings. The summed E-state index contributed by atoms with van der Waals surface area (Å²) in [6, 6.07) is 3.88. The topological polar surface area (TPSA) is 177 Å². The molecule has 0 spiro atoms. The number of halogens is 2. The number of aliphatic imine (C=N–C) groups is 2. The largest absolute Gasteiger partial charge is 0.478 e. The van der Waals surface area contributed by atoms with Crippen molar-refractivity contribution in [1.29, 1.82) is 0 Å². The molecule has 0 unspecified atom stereocenters. The predicted octanol–water partition coefficient (Wildman–Crippen LogP) is 0.411. The number of carboxylic acids is 2. The summed E-state index contributed by atoms with van der Waals surface area (Å²) >= 11 is 5.53.